The topological polar surface area (TPSA) is 83.5 Å². The minimum atomic E-state index is -1.28. The summed E-state index contributed by atoms with van der Waals surface area (Å²) in [6.07, 6.45) is 2.08. The Morgan fingerprint density at radius 3 is 2.19 bits per heavy atom. The molecule has 0 radical (unpaired) electrons. The van der Waals surface area contributed by atoms with Crippen LogP contribution in [0.2, 0.25) is 0 Å². The molecule has 3 aliphatic carbocycles. The van der Waals surface area contributed by atoms with Crippen molar-refractivity contribution in [2.24, 2.45) is 21.7 Å². The molecule has 0 aromatic rings. The summed E-state index contributed by atoms with van der Waals surface area (Å²) in [5, 5.41) is 12.4. The largest absolute Gasteiger partial charge is 0.549 e. The summed E-state index contributed by atoms with van der Waals surface area (Å²) in [5.41, 5.74) is -0.895. The fourth-order valence-electron chi connectivity index (χ4n) is 6.45. The van der Waals surface area contributed by atoms with Gasteiger partial charge in [0.15, 0.2) is 6.10 Å². The molecule has 0 heterocycles. The van der Waals surface area contributed by atoms with Crippen LogP contribution in [0.4, 0.5) is 0 Å². The molecule has 2 bridgehead atoms. The average Bonchev–Trinajstić information content (AvgIpc) is 2.38. The third-order valence-electron chi connectivity index (χ3n) is 6.42. The first-order valence-corrected chi connectivity index (χ1v) is 9.37. The maximum absolute atomic E-state index is 13.4. The lowest BCUT2D eigenvalue weighted by atomic mass is 9.45. The molecular weight excluding hydrogens is 332 g/mol. The van der Waals surface area contributed by atoms with E-state index in [1.807, 2.05) is 13.8 Å². The first-order chi connectivity index (χ1) is 11.7. The maximum atomic E-state index is 13.4. The Bertz CT molecular complexity index is 729. The summed E-state index contributed by atoms with van der Waals surface area (Å²) in [6, 6.07) is 0. The number of esters is 1. The molecule has 5 nitrogen and oxygen atoms in total. The van der Waals surface area contributed by atoms with Gasteiger partial charge in [-0.3, -0.25) is 9.59 Å². The molecule has 3 aliphatic rings. The Hall–Kier alpha value is -1.65. The van der Waals surface area contributed by atoms with Gasteiger partial charge in [0.25, 0.3) is 0 Å². The molecule has 3 atom stereocenters. The highest BCUT2D eigenvalue weighted by Gasteiger charge is 2.60. The van der Waals surface area contributed by atoms with Crippen LogP contribution in [0.1, 0.15) is 73.6 Å². The number of ether oxygens (including phenoxy) is 1. The number of carbonyl (C=O) groups excluding carboxylic acids is 3. The quantitative estimate of drug-likeness (QED) is 0.706. The molecule has 144 valence electrons. The van der Waals surface area contributed by atoms with Gasteiger partial charge in [0.05, 0.1) is 5.97 Å². The summed E-state index contributed by atoms with van der Waals surface area (Å²) in [7, 11) is 0. The SMILES string of the molecule is CC(=O)O[C@H]1C(=O)C2=C(CC3(C)CC(C)(C)CC2(C(=O)[O-])C3)CC1(C)C. The standard InChI is InChI=1S/C21H30O5/c1-12(22)26-16-15(23)14-13(7-19(16,4)5)8-20(6)9-18(2,3)10-21(14,11-20)17(24)25/h16H,7-11H2,1-6H3,(H,24,25)/p-1/t16-,20?,21?/m0/s1. The van der Waals surface area contributed by atoms with Gasteiger partial charge in [-0.15, -0.1) is 0 Å². The highest BCUT2D eigenvalue weighted by atomic mass is 16.5. The van der Waals surface area contributed by atoms with Crippen molar-refractivity contribution >= 4 is 17.7 Å². The lowest BCUT2D eigenvalue weighted by molar-refractivity contribution is -0.322. The minimum absolute atomic E-state index is 0.161. The molecule has 1 saturated carbocycles. The average molecular weight is 361 g/mol. The molecule has 0 aliphatic heterocycles. The Balaban J connectivity index is 2.20. The van der Waals surface area contributed by atoms with Crippen LogP contribution in [-0.2, 0) is 19.1 Å². The van der Waals surface area contributed by atoms with Crippen molar-refractivity contribution in [3.8, 4) is 0 Å². The number of aliphatic carboxylic acids is 1. The van der Waals surface area contributed by atoms with Crippen LogP contribution in [0.25, 0.3) is 0 Å². The Morgan fingerprint density at radius 2 is 1.65 bits per heavy atom. The Labute approximate surface area is 155 Å². The third-order valence-corrected chi connectivity index (χ3v) is 6.42. The van der Waals surface area contributed by atoms with Crippen LogP contribution in [0.5, 0.6) is 0 Å². The van der Waals surface area contributed by atoms with E-state index in [9.17, 15) is 19.5 Å². The number of ketones is 1. The van der Waals surface area contributed by atoms with Gasteiger partial charge in [-0.25, -0.2) is 0 Å². The van der Waals surface area contributed by atoms with Gasteiger partial charge in [0, 0.05) is 23.3 Å². The monoisotopic (exact) mass is 361 g/mol. The normalized spacial score (nSPS) is 37.8. The van der Waals surface area contributed by atoms with Crippen LogP contribution in [0.3, 0.4) is 0 Å². The van der Waals surface area contributed by atoms with Crippen LogP contribution < -0.4 is 5.11 Å². The number of allylic oxidation sites excluding steroid dienone is 1. The van der Waals surface area contributed by atoms with Gasteiger partial charge in [0.2, 0.25) is 5.78 Å². The maximum Gasteiger partial charge on any atom is 0.303 e. The summed E-state index contributed by atoms with van der Waals surface area (Å²) in [5.74, 6) is -2.03. The fourth-order valence-corrected chi connectivity index (χ4v) is 6.45. The molecule has 2 unspecified atom stereocenters. The van der Waals surface area contributed by atoms with Gasteiger partial charge in [-0.2, -0.15) is 0 Å². The van der Waals surface area contributed by atoms with Gasteiger partial charge in [0.1, 0.15) is 0 Å². The van der Waals surface area contributed by atoms with E-state index >= 15 is 0 Å². The molecule has 3 rings (SSSR count). The first-order valence-electron chi connectivity index (χ1n) is 9.37. The number of carboxylic acid groups (broad SMARTS) is 1. The number of hydrogen-bond donors (Lipinski definition) is 0. The molecule has 0 aromatic heterocycles. The second-order valence-electron chi connectivity index (χ2n) is 10.5. The second kappa shape index (κ2) is 5.43. The fraction of sp³-hybridized carbons (Fsp3) is 0.762. The molecule has 0 spiro atoms. The van der Waals surface area contributed by atoms with Crippen molar-refractivity contribution in [2.45, 2.75) is 79.8 Å². The van der Waals surface area contributed by atoms with Crippen molar-refractivity contribution in [2.75, 3.05) is 0 Å². The zero-order valence-electron chi connectivity index (χ0n) is 16.7. The summed E-state index contributed by atoms with van der Waals surface area (Å²) >= 11 is 0. The summed E-state index contributed by atoms with van der Waals surface area (Å²) in [4.78, 5) is 37.4. The Kier molecular flexibility index (Phi) is 3.99. The molecule has 0 aromatic carbocycles. The van der Waals surface area contributed by atoms with Crippen LogP contribution in [0.15, 0.2) is 11.1 Å². The van der Waals surface area contributed by atoms with Crippen molar-refractivity contribution in [1.82, 2.24) is 0 Å². The van der Waals surface area contributed by atoms with E-state index in [1.54, 1.807) is 0 Å². The molecule has 5 heteroatoms. The van der Waals surface area contributed by atoms with Gasteiger partial charge in [-0.05, 0) is 42.9 Å². The first kappa shape index (κ1) is 19.1. The lowest BCUT2D eigenvalue weighted by Gasteiger charge is -2.60. The van der Waals surface area contributed by atoms with Crippen molar-refractivity contribution < 1.29 is 24.2 Å². The van der Waals surface area contributed by atoms with Crippen molar-refractivity contribution in [1.29, 1.82) is 0 Å². The smallest absolute Gasteiger partial charge is 0.303 e. The van der Waals surface area contributed by atoms with Gasteiger partial charge >= 0.3 is 5.97 Å². The third kappa shape index (κ3) is 2.80. The highest BCUT2D eigenvalue weighted by molar-refractivity contribution is 6.07. The number of fused-ring (bicyclic) bond motifs is 3. The highest BCUT2D eigenvalue weighted by Crippen LogP contribution is 2.65. The van der Waals surface area contributed by atoms with E-state index in [1.165, 1.54) is 6.92 Å². The predicted octanol–water partition coefficient (Wildman–Crippen LogP) is 2.57. The van der Waals surface area contributed by atoms with Crippen LogP contribution >= 0.6 is 0 Å². The predicted molar refractivity (Wildman–Crippen MR) is 93.8 cm³/mol. The Morgan fingerprint density at radius 1 is 1.04 bits per heavy atom. The molecular formula is C21H29O5-. The van der Waals surface area contributed by atoms with E-state index in [0.717, 1.165) is 18.4 Å². The van der Waals surface area contributed by atoms with Crippen molar-refractivity contribution in [3.05, 3.63) is 11.1 Å². The molecule has 1 fully saturated rings. The summed E-state index contributed by atoms with van der Waals surface area (Å²) < 4.78 is 5.37. The molecule has 26 heavy (non-hydrogen) atoms. The van der Waals surface area contributed by atoms with E-state index in [0.29, 0.717) is 24.8 Å². The number of carboxylic acids is 1. The van der Waals surface area contributed by atoms with E-state index in [2.05, 4.69) is 20.8 Å². The van der Waals surface area contributed by atoms with Crippen molar-refractivity contribution in [3.63, 3.8) is 0 Å². The number of rotatable bonds is 2. The van der Waals surface area contributed by atoms with E-state index in [-0.39, 0.29) is 16.6 Å². The van der Waals surface area contributed by atoms with Gasteiger partial charge in [-0.1, -0.05) is 40.2 Å². The second-order valence-corrected chi connectivity index (χ2v) is 10.5. The van der Waals surface area contributed by atoms with E-state index < -0.39 is 28.9 Å². The van der Waals surface area contributed by atoms with Crippen LogP contribution in [0, 0.1) is 21.7 Å². The zero-order valence-corrected chi connectivity index (χ0v) is 16.7. The summed E-state index contributed by atoms with van der Waals surface area (Å²) in [6.45, 7) is 11.4. The van der Waals surface area contributed by atoms with Crippen LogP contribution in [-0.4, -0.2) is 23.8 Å². The molecule has 0 saturated heterocycles. The molecule has 0 N–H and O–H groups in total. The zero-order chi connectivity index (χ0) is 19.7. The number of hydrogen-bond acceptors (Lipinski definition) is 5. The lowest BCUT2D eigenvalue weighted by Crippen LogP contribution is -2.60. The number of carbonyl (C=O) groups is 3. The minimum Gasteiger partial charge on any atom is -0.549 e. The van der Waals surface area contributed by atoms with E-state index in [4.69, 9.17) is 4.74 Å². The number of Topliss-reactive ketones (excluding diaryl/α,β-unsaturated/α-hetero) is 1. The molecule has 0 amide bonds. The van der Waals surface area contributed by atoms with Gasteiger partial charge < -0.3 is 14.6 Å².